The van der Waals surface area contributed by atoms with Crippen molar-refractivity contribution in [1.82, 2.24) is 0 Å². The summed E-state index contributed by atoms with van der Waals surface area (Å²) >= 11 is 0. The molecule has 0 aliphatic heterocycles. The van der Waals surface area contributed by atoms with Crippen molar-refractivity contribution in [2.75, 3.05) is 7.11 Å². The van der Waals surface area contributed by atoms with Gasteiger partial charge in [-0.1, -0.05) is 17.4 Å². The first-order valence-electron chi connectivity index (χ1n) is 3.02. The number of benzene rings is 1. The van der Waals surface area contributed by atoms with E-state index in [1.807, 2.05) is 0 Å². The second-order valence-corrected chi connectivity index (χ2v) is 2.99. The Hall–Kier alpha value is -0.630. The molecule has 0 fully saturated rings. The van der Waals surface area contributed by atoms with Crippen LogP contribution in [-0.2, 0) is 0 Å². The Balaban J connectivity index is 2.83. The fraction of sp³-hybridized carbons (Fsp3) is 0.143. The molecule has 0 bridgehead atoms. The molecule has 3 nitrogen and oxygen atoms in total. The summed E-state index contributed by atoms with van der Waals surface area (Å²) in [5, 5.41) is 0.306. The van der Waals surface area contributed by atoms with Crippen LogP contribution < -0.4 is 19.8 Å². The van der Waals surface area contributed by atoms with Crippen LogP contribution in [0.15, 0.2) is 24.3 Å². The number of hydrogen-bond acceptors (Lipinski definition) is 3. The van der Waals surface area contributed by atoms with Crippen molar-refractivity contribution < 1.29 is 14.5 Å². The van der Waals surface area contributed by atoms with Gasteiger partial charge < -0.3 is 14.5 Å². The van der Waals surface area contributed by atoms with Gasteiger partial charge in [0.2, 0.25) is 0 Å². The summed E-state index contributed by atoms with van der Waals surface area (Å²) in [6.07, 6.45) is 0. The van der Waals surface area contributed by atoms with E-state index in [-0.39, 0.29) is 0 Å². The van der Waals surface area contributed by atoms with E-state index in [2.05, 4.69) is 0 Å². The molecule has 0 aliphatic rings. The SMILES string of the molecule is COc1ccc(P([O-])[O-])cc1. The van der Waals surface area contributed by atoms with Gasteiger partial charge in [0.25, 0.3) is 0 Å². The van der Waals surface area contributed by atoms with Crippen LogP contribution in [0.4, 0.5) is 0 Å². The molecule has 0 aromatic heterocycles. The van der Waals surface area contributed by atoms with E-state index in [1.54, 1.807) is 12.1 Å². The number of hydrogen-bond donors (Lipinski definition) is 0. The van der Waals surface area contributed by atoms with Crippen LogP contribution in [0.2, 0.25) is 0 Å². The third-order valence-electron chi connectivity index (χ3n) is 1.28. The molecule has 1 rings (SSSR count). The molecular formula is C7H7O3P-2. The summed E-state index contributed by atoms with van der Waals surface area (Å²) in [4.78, 5) is 20.8. The van der Waals surface area contributed by atoms with E-state index >= 15 is 0 Å². The van der Waals surface area contributed by atoms with E-state index in [4.69, 9.17) is 4.74 Å². The van der Waals surface area contributed by atoms with Crippen molar-refractivity contribution in [1.29, 1.82) is 0 Å². The van der Waals surface area contributed by atoms with Gasteiger partial charge in [0.15, 0.2) is 0 Å². The monoisotopic (exact) mass is 170 g/mol. The highest BCUT2D eigenvalue weighted by Crippen LogP contribution is 2.14. The first kappa shape index (κ1) is 8.47. The fourth-order valence-corrected chi connectivity index (χ4v) is 1.10. The number of rotatable bonds is 2. The number of ether oxygens (including phenoxy) is 1. The van der Waals surface area contributed by atoms with Gasteiger partial charge in [0.05, 0.1) is 7.11 Å². The average Bonchev–Trinajstić information content (AvgIpc) is 2.05. The second-order valence-electron chi connectivity index (χ2n) is 1.96. The molecule has 11 heavy (non-hydrogen) atoms. The molecular weight excluding hydrogens is 163 g/mol. The molecule has 4 heteroatoms. The first-order valence-corrected chi connectivity index (χ1v) is 4.20. The molecule has 1 aromatic carbocycles. The Morgan fingerprint density at radius 1 is 1.18 bits per heavy atom. The maximum absolute atomic E-state index is 10.4. The first-order chi connectivity index (χ1) is 5.24. The average molecular weight is 170 g/mol. The van der Waals surface area contributed by atoms with E-state index in [1.165, 1.54) is 19.2 Å². The maximum atomic E-state index is 10.4. The third kappa shape index (κ3) is 2.15. The molecule has 0 saturated heterocycles. The highest BCUT2D eigenvalue weighted by Gasteiger charge is 1.88. The van der Waals surface area contributed by atoms with E-state index < -0.39 is 8.38 Å². The summed E-state index contributed by atoms with van der Waals surface area (Å²) in [5.74, 6) is 0.658. The van der Waals surface area contributed by atoms with Gasteiger partial charge in [-0.05, 0) is 12.1 Å². The zero-order valence-electron chi connectivity index (χ0n) is 5.98. The van der Waals surface area contributed by atoms with Crippen LogP contribution >= 0.6 is 8.38 Å². The van der Waals surface area contributed by atoms with Crippen molar-refractivity contribution in [2.45, 2.75) is 0 Å². The van der Waals surface area contributed by atoms with E-state index in [0.29, 0.717) is 11.1 Å². The molecule has 0 atom stereocenters. The van der Waals surface area contributed by atoms with Crippen molar-refractivity contribution in [3.8, 4) is 5.75 Å². The molecule has 0 radical (unpaired) electrons. The Labute approximate surface area is 66.2 Å². The topological polar surface area (TPSA) is 55.3 Å². The summed E-state index contributed by atoms with van der Waals surface area (Å²) in [6, 6.07) is 6.23. The molecule has 0 unspecified atom stereocenters. The van der Waals surface area contributed by atoms with E-state index in [0.717, 1.165) is 0 Å². The summed E-state index contributed by atoms with van der Waals surface area (Å²) in [5.41, 5.74) is 0. The minimum Gasteiger partial charge on any atom is -0.838 e. The van der Waals surface area contributed by atoms with Crippen molar-refractivity contribution >= 4 is 13.7 Å². The fourth-order valence-electron chi connectivity index (χ4n) is 0.704. The van der Waals surface area contributed by atoms with Gasteiger partial charge in [-0.2, -0.15) is 0 Å². The molecule has 1 aromatic rings. The minimum absolute atomic E-state index is 0.306. The maximum Gasteiger partial charge on any atom is 0.118 e. The third-order valence-corrected chi connectivity index (χ3v) is 2.00. The van der Waals surface area contributed by atoms with Crippen LogP contribution in [0.1, 0.15) is 0 Å². The normalized spacial score (nSPS) is 10.2. The lowest BCUT2D eigenvalue weighted by molar-refractivity contribution is -0.287. The molecule has 0 aliphatic carbocycles. The molecule has 0 spiro atoms. The molecule has 0 amide bonds. The van der Waals surface area contributed by atoms with Crippen LogP contribution in [0.3, 0.4) is 0 Å². The molecule has 60 valence electrons. The number of methoxy groups -OCH3 is 1. The summed E-state index contributed by atoms with van der Waals surface area (Å²) in [7, 11) is -0.935. The van der Waals surface area contributed by atoms with Gasteiger partial charge in [0, 0.05) is 0 Å². The molecule has 0 saturated carbocycles. The van der Waals surface area contributed by atoms with Gasteiger partial charge in [0.1, 0.15) is 5.75 Å². The van der Waals surface area contributed by atoms with Crippen molar-refractivity contribution in [3.05, 3.63) is 24.3 Å². The second kappa shape index (κ2) is 3.67. The van der Waals surface area contributed by atoms with Crippen LogP contribution in [0.5, 0.6) is 5.75 Å². The highest BCUT2D eigenvalue weighted by atomic mass is 31.2. The Morgan fingerprint density at radius 2 is 1.73 bits per heavy atom. The Bertz CT molecular complexity index is 220. The minimum atomic E-state index is -2.47. The lowest BCUT2D eigenvalue weighted by Gasteiger charge is -2.30. The quantitative estimate of drug-likeness (QED) is 0.554. The van der Waals surface area contributed by atoms with Crippen molar-refractivity contribution in [2.24, 2.45) is 0 Å². The zero-order valence-corrected chi connectivity index (χ0v) is 6.88. The van der Waals surface area contributed by atoms with Crippen molar-refractivity contribution in [3.63, 3.8) is 0 Å². The largest absolute Gasteiger partial charge is 0.838 e. The van der Waals surface area contributed by atoms with Gasteiger partial charge >= 0.3 is 0 Å². The summed E-state index contributed by atoms with van der Waals surface area (Å²) < 4.78 is 4.85. The predicted octanol–water partition coefficient (Wildman–Crippen LogP) is -0.647. The molecule has 0 heterocycles. The lowest BCUT2D eigenvalue weighted by Crippen LogP contribution is -2.19. The summed E-state index contributed by atoms with van der Waals surface area (Å²) in [6.45, 7) is 0. The Morgan fingerprint density at radius 3 is 2.09 bits per heavy atom. The lowest BCUT2D eigenvalue weighted by atomic mass is 10.3. The van der Waals surface area contributed by atoms with Gasteiger partial charge in [-0.3, -0.25) is 8.38 Å². The van der Waals surface area contributed by atoms with Crippen LogP contribution in [0.25, 0.3) is 0 Å². The predicted molar refractivity (Wildman–Crippen MR) is 39.5 cm³/mol. The van der Waals surface area contributed by atoms with E-state index in [9.17, 15) is 9.79 Å². The standard InChI is InChI=1S/C7H7O3P/c1-10-6-2-4-7(5-3-6)11(8)9/h2-5H,1H3/q-2. The van der Waals surface area contributed by atoms with Gasteiger partial charge in [-0.15, -0.1) is 0 Å². The zero-order chi connectivity index (χ0) is 8.27. The molecule has 0 N–H and O–H groups in total. The highest BCUT2D eigenvalue weighted by molar-refractivity contribution is 7.51. The Kier molecular flexibility index (Phi) is 2.83. The van der Waals surface area contributed by atoms with Crippen LogP contribution in [-0.4, -0.2) is 7.11 Å². The van der Waals surface area contributed by atoms with Crippen LogP contribution in [0, 0.1) is 0 Å². The smallest absolute Gasteiger partial charge is 0.118 e. The van der Waals surface area contributed by atoms with Gasteiger partial charge in [-0.25, -0.2) is 0 Å².